The Labute approximate surface area is 153 Å². The van der Waals surface area contributed by atoms with E-state index < -0.39 is 0 Å². The van der Waals surface area contributed by atoms with Gasteiger partial charge in [0.15, 0.2) is 11.5 Å². The van der Waals surface area contributed by atoms with Crippen LogP contribution in [0.5, 0.6) is 11.5 Å². The predicted molar refractivity (Wildman–Crippen MR) is 101 cm³/mol. The third kappa shape index (κ3) is 3.47. The van der Waals surface area contributed by atoms with E-state index in [1.54, 1.807) is 0 Å². The molecule has 2 amide bonds. The van der Waals surface area contributed by atoms with Crippen molar-refractivity contribution in [3.8, 4) is 11.5 Å². The minimum atomic E-state index is -0.0507. The summed E-state index contributed by atoms with van der Waals surface area (Å²) in [6.45, 7) is 4.13. The highest BCUT2D eigenvalue weighted by Crippen LogP contribution is 2.38. The summed E-state index contributed by atoms with van der Waals surface area (Å²) in [5, 5.41) is 3.03. The molecule has 136 valence electrons. The van der Waals surface area contributed by atoms with Gasteiger partial charge >= 0.3 is 6.03 Å². The first-order valence-electron chi connectivity index (χ1n) is 9.24. The molecule has 2 heterocycles. The van der Waals surface area contributed by atoms with Crippen molar-refractivity contribution >= 4 is 11.7 Å². The molecule has 0 bridgehead atoms. The number of anilines is 1. The van der Waals surface area contributed by atoms with Crippen molar-refractivity contribution in [2.45, 2.75) is 32.2 Å². The van der Waals surface area contributed by atoms with E-state index in [1.807, 2.05) is 48.2 Å². The van der Waals surface area contributed by atoms with Gasteiger partial charge in [0.1, 0.15) is 0 Å². The van der Waals surface area contributed by atoms with Crippen LogP contribution >= 0.6 is 0 Å². The SMILES string of the molecule is Cc1cccc(NC(=O)N2CCC[C@H]2c2ccc3c(c2)OCCCO3)c1. The lowest BCUT2D eigenvalue weighted by molar-refractivity contribution is 0.207. The van der Waals surface area contributed by atoms with Gasteiger partial charge in [0.2, 0.25) is 0 Å². The van der Waals surface area contributed by atoms with Gasteiger partial charge in [-0.25, -0.2) is 4.79 Å². The molecule has 0 saturated carbocycles. The standard InChI is InChI=1S/C21H24N2O3/c1-15-5-2-6-17(13-15)22-21(24)23-10-3-7-18(23)16-8-9-19-20(14-16)26-12-4-11-25-19/h2,5-6,8-9,13-14,18H,3-4,7,10-12H2,1H3,(H,22,24)/t18-/m0/s1. The number of nitrogens with one attached hydrogen (secondary N) is 1. The number of aryl methyl sites for hydroxylation is 1. The van der Waals surface area contributed by atoms with Crippen molar-refractivity contribution in [2.24, 2.45) is 0 Å². The van der Waals surface area contributed by atoms with Crippen LogP contribution < -0.4 is 14.8 Å². The highest BCUT2D eigenvalue weighted by atomic mass is 16.5. The Kier molecular flexibility index (Phi) is 4.69. The van der Waals surface area contributed by atoms with E-state index in [-0.39, 0.29) is 12.1 Å². The van der Waals surface area contributed by atoms with Crippen molar-refractivity contribution < 1.29 is 14.3 Å². The number of likely N-dealkylation sites (tertiary alicyclic amines) is 1. The number of ether oxygens (including phenoxy) is 2. The van der Waals surface area contributed by atoms with Crippen LogP contribution in [0.3, 0.4) is 0 Å². The van der Waals surface area contributed by atoms with E-state index >= 15 is 0 Å². The first-order valence-corrected chi connectivity index (χ1v) is 9.24. The van der Waals surface area contributed by atoms with E-state index in [4.69, 9.17) is 9.47 Å². The summed E-state index contributed by atoms with van der Waals surface area (Å²) >= 11 is 0. The second kappa shape index (κ2) is 7.28. The molecule has 26 heavy (non-hydrogen) atoms. The molecule has 4 rings (SSSR count). The molecule has 1 fully saturated rings. The molecule has 0 spiro atoms. The van der Waals surface area contributed by atoms with Crippen molar-refractivity contribution in [3.05, 3.63) is 53.6 Å². The molecule has 0 unspecified atom stereocenters. The summed E-state index contributed by atoms with van der Waals surface area (Å²) in [5.41, 5.74) is 3.06. The summed E-state index contributed by atoms with van der Waals surface area (Å²) < 4.78 is 11.5. The number of carbonyl (C=O) groups excluding carboxylic acids is 1. The molecule has 2 aliphatic heterocycles. The molecule has 5 heteroatoms. The minimum absolute atomic E-state index is 0.0507. The van der Waals surface area contributed by atoms with Crippen LogP contribution in [0.25, 0.3) is 0 Å². The van der Waals surface area contributed by atoms with E-state index in [2.05, 4.69) is 11.4 Å². The van der Waals surface area contributed by atoms with Crippen LogP contribution in [0.2, 0.25) is 0 Å². The summed E-state index contributed by atoms with van der Waals surface area (Å²) in [4.78, 5) is 14.7. The topological polar surface area (TPSA) is 50.8 Å². The van der Waals surface area contributed by atoms with E-state index in [1.165, 1.54) is 0 Å². The van der Waals surface area contributed by atoms with Gasteiger partial charge in [-0.15, -0.1) is 0 Å². The third-order valence-electron chi connectivity index (χ3n) is 4.94. The second-order valence-electron chi connectivity index (χ2n) is 6.91. The number of rotatable bonds is 2. The molecule has 2 aliphatic rings. The van der Waals surface area contributed by atoms with Crippen molar-refractivity contribution in [1.82, 2.24) is 4.90 Å². The summed E-state index contributed by atoms with van der Waals surface area (Å²) in [6.07, 6.45) is 2.85. The molecule has 2 aromatic carbocycles. The molecule has 1 N–H and O–H groups in total. The summed E-state index contributed by atoms with van der Waals surface area (Å²) in [5.74, 6) is 1.57. The lowest BCUT2D eigenvalue weighted by atomic mass is 10.0. The quantitative estimate of drug-likeness (QED) is 0.864. The van der Waals surface area contributed by atoms with Gasteiger partial charge < -0.3 is 19.7 Å². The van der Waals surface area contributed by atoms with Crippen LogP contribution in [-0.4, -0.2) is 30.7 Å². The normalized spacial score (nSPS) is 19.1. The lowest BCUT2D eigenvalue weighted by Gasteiger charge is -2.26. The smallest absolute Gasteiger partial charge is 0.322 e. The van der Waals surface area contributed by atoms with E-state index in [0.29, 0.717) is 13.2 Å². The fraction of sp³-hybridized carbons (Fsp3) is 0.381. The maximum Gasteiger partial charge on any atom is 0.322 e. The molecule has 1 atom stereocenters. The molecule has 2 aromatic rings. The minimum Gasteiger partial charge on any atom is -0.490 e. The molecular formula is C21H24N2O3. The van der Waals surface area contributed by atoms with Crippen LogP contribution in [0, 0.1) is 6.92 Å². The van der Waals surface area contributed by atoms with Crippen molar-refractivity contribution in [3.63, 3.8) is 0 Å². The van der Waals surface area contributed by atoms with Crippen LogP contribution in [0.1, 0.15) is 36.4 Å². The Morgan fingerprint density at radius 2 is 1.92 bits per heavy atom. The molecule has 0 radical (unpaired) electrons. The van der Waals surface area contributed by atoms with Crippen LogP contribution in [0.4, 0.5) is 10.5 Å². The fourth-order valence-electron chi connectivity index (χ4n) is 3.66. The number of urea groups is 1. The Morgan fingerprint density at radius 1 is 1.08 bits per heavy atom. The Balaban J connectivity index is 1.53. The van der Waals surface area contributed by atoms with Gasteiger partial charge in [0.25, 0.3) is 0 Å². The Morgan fingerprint density at radius 3 is 2.77 bits per heavy atom. The number of amides is 2. The van der Waals surface area contributed by atoms with Gasteiger partial charge in [-0.1, -0.05) is 18.2 Å². The zero-order chi connectivity index (χ0) is 17.9. The maximum absolute atomic E-state index is 12.8. The number of fused-ring (bicyclic) bond motifs is 1. The molecule has 0 aromatic heterocycles. The average Bonchev–Trinajstić information content (AvgIpc) is 3.01. The Hall–Kier alpha value is -2.69. The zero-order valence-corrected chi connectivity index (χ0v) is 15.0. The van der Waals surface area contributed by atoms with Gasteiger partial charge in [-0.3, -0.25) is 0 Å². The Bertz CT molecular complexity index is 806. The summed E-state index contributed by atoms with van der Waals surface area (Å²) in [6, 6.07) is 13.9. The van der Waals surface area contributed by atoms with Gasteiger partial charge in [-0.05, 0) is 55.2 Å². The fourth-order valence-corrected chi connectivity index (χ4v) is 3.66. The van der Waals surface area contributed by atoms with E-state index in [0.717, 1.165) is 54.1 Å². The molecule has 0 aliphatic carbocycles. The van der Waals surface area contributed by atoms with Crippen LogP contribution in [0.15, 0.2) is 42.5 Å². The molecule has 1 saturated heterocycles. The van der Waals surface area contributed by atoms with Crippen molar-refractivity contribution in [1.29, 1.82) is 0 Å². The van der Waals surface area contributed by atoms with Gasteiger partial charge in [-0.2, -0.15) is 0 Å². The average molecular weight is 352 g/mol. The van der Waals surface area contributed by atoms with Crippen molar-refractivity contribution in [2.75, 3.05) is 25.1 Å². The highest BCUT2D eigenvalue weighted by molar-refractivity contribution is 5.90. The van der Waals surface area contributed by atoms with Gasteiger partial charge in [0, 0.05) is 18.7 Å². The summed E-state index contributed by atoms with van der Waals surface area (Å²) in [7, 11) is 0. The monoisotopic (exact) mass is 352 g/mol. The zero-order valence-electron chi connectivity index (χ0n) is 15.0. The number of carbonyl (C=O) groups is 1. The van der Waals surface area contributed by atoms with Gasteiger partial charge in [0.05, 0.1) is 19.3 Å². The molecule has 5 nitrogen and oxygen atoms in total. The number of nitrogens with zero attached hydrogens (tertiary/aromatic N) is 1. The number of benzene rings is 2. The first kappa shape index (κ1) is 16.8. The maximum atomic E-state index is 12.8. The lowest BCUT2D eigenvalue weighted by Crippen LogP contribution is -2.34. The number of hydrogen-bond acceptors (Lipinski definition) is 3. The first-order chi connectivity index (χ1) is 12.7. The largest absolute Gasteiger partial charge is 0.490 e. The predicted octanol–water partition coefficient (Wildman–Crippen LogP) is 4.53. The number of hydrogen-bond donors (Lipinski definition) is 1. The highest BCUT2D eigenvalue weighted by Gasteiger charge is 2.31. The third-order valence-corrected chi connectivity index (χ3v) is 4.94. The van der Waals surface area contributed by atoms with E-state index in [9.17, 15) is 4.79 Å². The van der Waals surface area contributed by atoms with Crippen LogP contribution in [-0.2, 0) is 0 Å². The molecular weight excluding hydrogens is 328 g/mol. The second-order valence-corrected chi connectivity index (χ2v) is 6.91.